The number of likely N-dealkylation sites (N-methyl/N-ethyl adjacent to an activating group) is 1. The third kappa shape index (κ3) is 4.03. The number of rotatable bonds is 6. The van der Waals surface area contributed by atoms with Gasteiger partial charge in [0, 0.05) is 20.1 Å². The van der Waals surface area contributed by atoms with Crippen LogP contribution in [0, 0.1) is 0 Å². The molecule has 1 aromatic carbocycles. The summed E-state index contributed by atoms with van der Waals surface area (Å²) in [6.07, 6.45) is 1.68. The minimum Gasteiger partial charge on any atom is -0.497 e. The minimum atomic E-state index is -0.0423. The summed E-state index contributed by atoms with van der Waals surface area (Å²) in [6.45, 7) is 0.997. The van der Waals surface area contributed by atoms with Crippen molar-refractivity contribution in [1.29, 1.82) is 0 Å². The summed E-state index contributed by atoms with van der Waals surface area (Å²) in [6, 6.07) is 7.62. The third-order valence-electron chi connectivity index (χ3n) is 3.10. The normalized spacial score (nSPS) is 10.4. The van der Waals surface area contributed by atoms with Crippen LogP contribution in [0.1, 0.15) is 11.3 Å². The fraction of sp³-hybridized carbons (Fsp3) is 0.357. The van der Waals surface area contributed by atoms with E-state index in [1.54, 1.807) is 25.3 Å². The zero-order valence-corrected chi connectivity index (χ0v) is 12.2. The van der Waals surface area contributed by atoms with Crippen molar-refractivity contribution >= 4 is 5.91 Å². The molecule has 0 aliphatic carbocycles. The van der Waals surface area contributed by atoms with Gasteiger partial charge in [0.15, 0.2) is 0 Å². The van der Waals surface area contributed by atoms with Gasteiger partial charge in [-0.05, 0) is 17.7 Å². The number of carbonyl (C=O) groups excluding carboxylic acids is 1. The van der Waals surface area contributed by atoms with Gasteiger partial charge in [0.05, 0.1) is 19.0 Å². The molecule has 2 aromatic rings. The Morgan fingerprint density at radius 2 is 2.10 bits per heavy atom. The van der Waals surface area contributed by atoms with E-state index in [1.807, 2.05) is 24.3 Å². The van der Waals surface area contributed by atoms with E-state index in [4.69, 9.17) is 10.5 Å². The zero-order valence-electron chi connectivity index (χ0n) is 12.2. The molecule has 1 aromatic heterocycles. The Morgan fingerprint density at radius 1 is 1.38 bits per heavy atom. The number of methoxy groups -OCH3 is 1. The maximum atomic E-state index is 12.1. The number of ether oxygens (including phenoxy) is 1. The molecule has 0 spiro atoms. The molecule has 0 atom stereocenters. The van der Waals surface area contributed by atoms with Gasteiger partial charge in [-0.2, -0.15) is 0 Å². The topological polar surface area (TPSA) is 86.3 Å². The summed E-state index contributed by atoms with van der Waals surface area (Å²) in [5.74, 6) is 0.754. The molecule has 0 unspecified atom stereocenters. The van der Waals surface area contributed by atoms with Crippen molar-refractivity contribution in [3.05, 3.63) is 41.7 Å². The second-order valence-corrected chi connectivity index (χ2v) is 4.71. The molecule has 1 heterocycles. The molecule has 0 aliphatic heterocycles. The summed E-state index contributed by atoms with van der Waals surface area (Å²) < 4.78 is 6.60. The summed E-state index contributed by atoms with van der Waals surface area (Å²) in [4.78, 5) is 13.8. The zero-order chi connectivity index (χ0) is 15.2. The molecule has 0 bridgehead atoms. The number of nitrogens with two attached hydrogens (primary N) is 1. The Morgan fingerprint density at radius 3 is 2.67 bits per heavy atom. The predicted molar refractivity (Wildman–Crippen MR) is 77.4 cm³/mol. The van der Waals surface area contributed by atoms with E-state index in [9.17, 15) is 4.79 Å². The molecule has 0 radical (unpaired) electrons. The van der Waals surface area contributed by atoms with Crippen LogP contribution in [0.25, 0.3) is 0 Å². The second-order valence-electron chi connectivity index (χ2n) is 4.71. The van der Waals surface area contributed by atoms with Crippen LogP contribution in [0.3, 0.4) is 0 Å². The lowest BCUT2D eigenvalue weighted by Gasteiger charge is -2.17. The van der Waals surface area contributed by atoms with Gasteiger partial charge in [-0.25, -0.2) is 4.68 Å². The number of hydrogen-bond acceptors (Lipinski definition) is 5. The van der Waals surface area contributed by atoms with E-state index in [0.717, 1.165) is 11.3 Å². The number of nitrogens with zero attached hydrogens (tertiary/aromatic N) is 4. The van der Waals surface area contributed by atoms with E-state index in [-0.39, 0.29) is 12.5 Å². The first-order valence-corrected chi connectivity index (χ1v) is 6.58. The van der Waals surface area contributed by atoms with Crippen molar-refractivity contribution in [1.82, 2.24) is 19.9 Å². The highest BCUT2D eigenvalue weighted by Gasteiger charge is 2.11. The predicted octanol–water partition coefficient (Wildman–Crippen LogP) is 0.404. The van der Waals surface area contributed by atoms with E-state index in [2.05, 4.69) is 10.3 Å². The maximum Gasteiger partial charge on any atom is 0.244 e. The maximum absolute atomic E-state index is 12.1. The molecule has 0 saturated heterocycles. The molecular formula is C14H19N5O2. The molecule has 2 N–H and O–H groups in total. The first-order valence-electron chi connectivity index (χ1n) is 6.58. The van der Waals surface area contributed by atoms with Crippen LogP contribution >= 0.6 is 0 Å². The van der Waals surface area contributed by atoms with Crippen LogP contribution in [-0.2, 0) is 24.4 Å². The standard InChI is InChI=1S/C14H19N5O2/c1-18(8-11-3-5-13(21-2)6-4-11)14(20)10-19-9-12(7-15)16-17-19/h3-6,9H,7-8,10,15H2,1-2H3. The number of aromatic nitrogens is 3. The Hall–Kier alpha value is -2.41. The Kier molecular flexibility index (Phi) is 4.89. The smallest absolute Gasteiger partial charge is 0.244 e. The quantitative estimate of drug-likeness (QED) is 0.832. The van der Waals surface area contributed by atoms with Crippen molar-refractivity contribution in [2.45, 2.75) is 19.6 Å². The number of hydrogen-bond donors (Lipinski definition) is 1. The molecule has 1 amide bonds. The highest BCUT2D eigenvalue weighted by atomic mass is 16.5. The van der Waals surface area contributed by atoms with Crippen molar-refractivity contribution in [2.75, 3.05) is 14.2 Å². The Bertz CT molecular complexity index is 594. The van der Waals surface area contributed by atoms with Crippen LogP contribution in [0.15, 0.2) is 30.5 Å². The van der Waals surface area contributed by atoms with Gasteiger partial charge in [-0.1, -0.05) is 17.3 Å². The fourth-order valence-corrected chi connectivity index (χ4v) is 1.86. The SMILES string of the molecule is COc1ccc(CN(C)C(=O)Cn2cc(CN)nn2)cc1. The first-order chi connectivity index (χ1) is 10.1. The molecular weight excluding hydrogens is 270 g/mol. The van der Waals surface area contributed by atoms with E-state index in [0.29, 0.717) is 18.8 Å². The van der Waals surface area contributed by atoms with Gasteiger partial charge in [0.2, 0.25) is 5.91 Å². The van der Waals surface area contributed by atoms with Gasteiger partial charge < -0.3 is 15.4 Å². The summed E-state index contributed by atoms with van der Waals surface area (Å²) in [5, 5.41) is 7.72. The van der Waals surface area contributed by atoms with Crippen molar-refractivity contribution < 1.29 is 9.53 Å². The lowest BCUT2D eigenvalue weighted by Crippen LogP contribution is -2.30. The first kappa shape index (κ1) is 15.0. The van der Waals surface area contributed by atoms with Gasteiger partial charge in [-0.15, -0.1) is 5.10 Å². The van der Waals surface area contributed by atoms with Gasteiger partial charge in [0.1, 0.15) is 12.3 Å². The summed E-state index contributed by atoms with van der Waals surface area (Å²) >= 11 is 0. The average Bonchev–Trinajstić information content (AvgIpc) is 2.95. The van der Waals surface area contributed by atoms with E-state index >= 15 is 0 Å². The van der Waals surface area contributed by atoms with Crippen LogP contribution in [0.5, 0.6) is 5.75 Å². The molecule has 2 rings (SSSR count). The highest BCUT2D eigenvalue weighted by Crippen LogP contribution is 2.12. The van der Waals surface area contributed by atoms with Crippen LogP contribution < -0.4 is 10.5 Å². The number of carbonyl (C=O) groups is 1. The van der Waals surface area contributed by atoms with Crippen LogP contribution in [-0.4, -0.2) is 40.0 Å². The van der Waals surface area contributed by atoms with Gasteiger partial charge in [0.25, 0.3) is 0 Å². The number of amides is 1. The molecule has 7 heteroatoms. The van der Waals surface area contributed by atoms with Crippen molar-refractivity contribution in [3.8, 4) is 5.75 Å². The molecule has 0 fully saturated rings. The highest BCUT2D eigenvalue weighted by molar-refractivity contribution is 5.75. The lowest BCUT2D eigenvalue weighted by atomic mass is 10.2. The lowest BCUT2D eigenvalue weighted by molar-refractivity contribution is -0.131. The minimum absolute atomic E-state index is 0.0423. The third-order valence-corrected chi connectivity index (χ3v) is 3.10. The van der Waals surface area contributed by atoms with Crippen molar-refractivity contribution in [2.24, 2.45) is 5.73 Å². The van der Waals surface area contributed by atoms with Gasteiger partial charge >= 0.3 is 0 Å². The molecule has 7 nitrogen and oxygen atoms in total. The fourth-order valence-electron chi connectivity index (χ4n) is 1.86. The Balaban J connectivity index is 1.92. The Labute approximate surface area is 123 Å². The van der Waals surface area contributed by atoms with Crippen LogP contribution in [0.4, 0.5) is 0 Å². The molecule has 0 aliphatic rings. The molecule has 21 heavy (non-hydrogen) atoms. The largest absolute Gasteiger partial charge is 0.497 e. The van der Waals surface area contributed by atoms with Crippen LogP contribution in [0.2, 0.25) is 0 Å². The monoisotopic (exact) mass is 289 g/mol. The summed E-state index contributed by atoms with van der Waals surface area (Å²) in [5.41, 5.74) is 7.16. The second kappa shape index (κ2) is 6.85. The summed E-state index contributed by atoms with van der Waals surface area (Å²) in [7, 11) is 3.38. The number of benzene rings is 1. The average molecular weight is 289 g/mol. The van der Waals surface area contributed by atoms with Crippen molar-refractivity contribution in [3.63, 3.8) is 0 Å². The van der Waals surface area contributed by atoms with E-state index in [1.165, 1.54) is 4.68 Å². The molecule has 112 valence electrons. The van der Waals surface area contributed by atoms with E-state index < -0.39 is 0 Å². The van der Waals surface area contributed by atoms with Gasteiger partial charge in [-0.3, -0.25) is 4.79 Å². The molecule has 0 saturated carbocycles.